The summed E-state index contributed by atoms with van der Waals surface area (Å²) in [4.78, 5) is 27.9. The van der Waals surface area contributed by atoms with Crippen LogP contribution in [0.25, 0.3) is 5.76 Å². The van der Waals surface area contributed by atoms with E-state index in [4.69, 9.17) is 25.8 Å². The van der Waals surface area contributed by atoms with Gasteiger partial charge in [0.15, 0.2) is 23.0 Å². The Morgan fingerprint density at radius 1 is 1.06 bits per heavy atom. The van der Waals surface area contributed by atoms with Crippen LogP contribution in [-0.4, -0.2) is 35.3 Å². The van der Waals surface area contributed by atoms with Crippen molar-refractivity contribution >= 4 is 34.7 Å². The molecule has 0 aromatic heterocycles. The van der Waals surface area contributed by atoms with E-state index in [9.17, 15) is 19.8 Å². The molecular formula is C26H20ClNO7. The largest absolute Gasteiger partial charge is 0.507 e. The van der Waals surface area contributed by atoms with E-state index in [1.165, 1.54) is 11.0 Å². The molecule has 3 aromatic carbocycles. The van der Waals surface area contributed by atoms with Crippen molar-refractivity contribution in [3.05, 3.63) is 82.4 Å². The summed E-state index contributed by atoms with van der Waals surface area (Å²) in [6.07, 6.45) is 0. The highest BCUT2D eigenvalue weighted by Gasteiger charge is 2.47. The van der Waals surface area contributed by atoms with Gasteiger partial charge in [0.05, 0.1) is 18.2 Å². The van der Waals surface area contributed by atoms with Gasteiger partial charge in [-0.25, -0.2) is 0 Å². The van der Waals surface area contributed by atoms with Crippen molar-refractivity contribution in [2.24, 2.45) is 0 Å². The van der Waals surface area contributed by atoms with E-state index < -0.39 is 17.7 Å². The second kappa shape index (κ2) is 8.88. The predicted molar refractivity (Wildman–Crippen MR) is 128 cm³/mol. The molecule has 0 spiro atoms. The minimum Gasteiger partial charge on any atom is -0.507 e. The van der Waals surface area contributed by atoms with E-state index in [0.29, 0.717) is 39.9 Å². The number of Topliss-reactive ketones (excluding diaryl/α,β-unsaturated/α-hetero) is 1. The lowest BCUT2D eigenvalue weighted by atomic mass is 9.94. The molecule has 1 unspecified atom stereocenters. The standard InChI is InChI=1S/C26H20ClNO7/c1-2-33-20-11-15(5-9-18(20)29)23-22(24(30)14-3-6-16(27)7-4-14)25(31)26(32)28(23)17-8-10-19-21(12-17)35-13-34-19/h3-12,23,29-30H,2,13H2,1H3/b24-22+. The van der Waals surface area contributed by atoms with E-state index in [0.717, 1.165) is 0 Å². The molecule has 1 fully saturated rings. The van der Waals surface area contributed by atoms with E-state index in [1.54, 1.807) is 61.5 Å². The Kier molecular flexibility index (Phi) is 5.74. The van der Waals surface area contributed by atoms with Crippen molar-refractivity contribution < 1.29 is 34.0 Å². The number of benzene rings is 3. The van der Waals surface area contributed by atoms with Gasteiger partial charge in [-0.1, -0.05) is 17.7 Å². The smallest absolute Gasteiger partial charge is 0.300 e. The van der Waals surface area contributed by atoms with Gasteiger partial charge in [0, 0.05) is 22.3 Å². The lowest BCUT2D eigenvalue weighted by Gasteiger charge is -2.26. The van der Waals surface area contributed by atoms with Crippen LogP contribution in [0.15, 0.2) is 66.2 Å². The minimum atomic E-state index is -1.01. The van der Waals surface area contributed by atoms with Gasteiger partial charge in [0.2, 0.25) is 6.79 Å². The molecule has 1 saturated heterocycles. The Labute approximate surface area is 205 Å². The Balaban J connectivity index is 1.71. The molecule has 2 aliphatic heterocycles. The monoisotopic (exact) mass is 493 g/mol. The summed E-state index contributed by atoms with van der Waals surface area (Å²) in [6, 6.07) is 14.7. The summed E-state index contributed by atoms with van der Waals surface area (Å²) in [6.45, 7) is 2.11. The maximum absolute atomic E-state index is 13.3. The van der Waals surface area contributed by atoms with Gasteiger partial charge in [-0.05, 0) is 61.0 Å². The van der Waals surface area contributed by atoms with Gasteiger partial charge >= 0.3 is 0 Å². The van der Waals surface area contributed by atoms with E-state index in [-0.39, 0.29) is 29.6 Å². The first-order chi connectivity index (χ1) is 16.9. The molecule has 2 aliphatic rings. The highest BCUT2D eigenvalue weighted by Crippen LogP contribution is 2.46. The zero-order valence-electron chi connectivity index (χ0n) is 18.5. The molecule has 9 heteroatoms. The van der Waals surface area contributed by atoms with E-state index in [1.807, 2.05) is 0 Å². The molecule has 8 nitrogen and oxygen atoms in total. The fourth-order valence-corrected chi connectivity index (χ4v) is 4.31. The Morgan fingerprint density at radius 2 is 1.80 bits per heavy atom. The number of halogens is 1. The van der Waals surface area contributed by atoms with Crippen LogP contribution in [0.2, 0.25) is 5.02 Å². The number of anilines is 1. The number of aliphatic hydroxyl groups is 1. The third kappa shape index (κ3) is 3.91. The van der Waals surface area contributed by atoms with Crippen molar-refractivity contribution in [2.75, 3.05) is 18.3 Å². The topological polar surface area (TPSA) is 106 Å². The number of ketones is 1. The highest BCUT2D eigenvalue weighted by molar-refractivity contribution is 6.51. The Hall–Kier alpha value is -4.17. The SMILES string of the molecule is CCOc1cc(C2/C(=C(\O)c3ccc(Cl)cc3)C(=O)C(=O)N2c2ccc3c(c2)OCO3)ccc1O. The lowest BCUT2D eigenvalue weighted by molar-refractivity contribution is -0.132. The van der Waals surface area contributed by atoms with Crippen molar-refractivity contribution in [1.29, 1.82) is 0 Å². The lowest BCUT2D eigenvalue weighted by Crippen LogP contribution is -2.29. The number of rotatable bonds is 5. The van der Waals surface area contributed by atoms with Gasteiger partial charge < -0.3 is 24.4 Å². The maximum atomic E-state index is 13.3. The van der Waals surface area contributed by atoms with Crippen molar-refractivity contribution in [3.8, 4) is 23.0 Å². The molecule has 2 N–H and O–H groups in total. The van der Waals surface area contributed by atoms with Gasteiger partial charge in [0.25, 0.3) is 11.7 Å². The number of hydrogen-bond acceptors (Lipinski definition) is 7. The molecule has 5 rings (SSSR count). The zero-order chi connectivity index (χ0) is 24.7. The number of phenols is 1. The van der Waals surface area contributed by atoms with Crippen LogP contribution in [0.5, 0.6) is 23.0 Å². The van der Waals surface area contributed by atoms with Crippen LogP contribution in [0.1, 0.15) is 24.1 Å². The third-order valence-corrected chi connectivity index (χ3v) is 6.05. The van der Waals surface area contributed by atoms with Crippen LogP contribution >= 0.6 is 11.6 Å². The summed E-state index contributed by atoms with van der Waals surface area (Å²) in [5.74, 6) is -0.977. The number of fused-ring (bicyclic) bond motifs is 1. The number of aliphatic hydroxyl groups excluding tert-OH is 1. The molecule has 178 valence electrons. The predicted octanol–water partition coefficient (Wildman–Crippen LogP) is 4.80. The molecule has 0 saturated carbocycles. The highest BCUT2D eigenvalue weighted by atomic mass is 35.5. The summed E-state index contributed by atoms with van der Waals surface area (Å²) in [7, 11) is 0. The number of phenolic OH excluding ortho intramolecular Hbond substituents is 1. The summed E-state index contributed by atoms with van der Waals surface area (Å²) >= 11 is 5.98. The second-order valence-corrected chi connectivity index (χ2v) is 8.31. The number of carbonyl (C=O) groups excluding carboxylic acids is 2. The molecule has 0 radical (unpaired) electrons. The number of aromatic hydroxyl groups is 1. The van der Waals surface area contributed by atoms with Crippen LogP contribution in [-0.2, 0) is 9.59 Å². The molecule has 2 heterocycles. The van der Waals surface area contributed by atoms with Crippen molar-refractivity contribution in [2.45, 2.75) is 13.0 Å². The Morgan fingerprint density at radius 3 is 2.54 bits per heavy atom. The Bertz CT molecular complexity index is 1370. The molecule has 1 atom stereocenters. The zero-order valence-corrected chi connectivity index (χ0v) is 19.3. The average Bonchev–Trinajstić information content (AvgIpc) is 3.42. The minimum absolute atomic E-state index is 0.0489. The molecule has 35 heavy (non-hydrogen) atoms. The third-order valence-electron chi connectivity index (χ3n) is 5.80. The fraction of sp³-hybridized carbons (Fsp3) is 0.154. The summed E-state index contributed by atoms with van der Waals surface area (Å²) < 4.78 is 16.3. The first-order valence-corrected chi connectivity index (χ1v) is 11.2. The normalized spacial score (nSPS) is 18.2. The van der Waals surface area contributed by atoms with E-state index in [2.05, 4.69) is 0 Å². The van der Waals surface area contributed by atoms with Crippen LogP contribution in [0.4, 0.5) is 5.69 Å². The molecule has 0 bridgehead atoms. The fourth-order valence-electron chi connectivity index (χ4n) is 4.18. The van der Waals surface area contributed by atoms with Crippen LogP contribution in [0, 0.1) is 0 Å². The average molecular weight is 494 g/mol. The van der Waals surface area contributed by atoms with Gasteiger partial charge in [-0.15, -0.1) is 0 Å². The van der Waals surface area contributed by atoms with Crippen LogP contribution < -0.4 is 19.1 Å². The van der Waals surface area contributed by atoms with E-state index >= 15 is 0 Å². The number of carbonyl (C=O) groups is 2. The summed E-state index contributed by atoms with van der Waals surface area (Å²) in [5, 5.41) is 21.9. The van der Waals surface area contributed by atoms with Gasteiger partial charge in [0.1, 0.15) is 5.76 Å². The summed E-state index contributed by atoms with van der Waals surface area (Å²) in [5.41, 5.74) is 1.05. The molecular weight excluding hydrogens is 474 g/mol. The number of hydrogen-bond donors (Lipinski definition) is 2. The molecule has 0 aliphatic carbocycles. The van der Waals surface area contributed by atoms with Crippen LogP contribution in [0.3, 0.4) is 0 Å². The molecule has 3 aromatic rings. The van der Waals surface area contributed by atoms with Gasteiger partial charge in [-0.3, -0.25) is 14.5 Å². The quantitative estimate of drug-likeness (QED) is 0.299. The second-order valence-electron chi connectivity index (χ2n) is 7.87. The number of amides is 1. The first-order valence-electron chi connectivity index (χ1n) is 10.8. The number of nitrogens with zero attached hydrogens (tertiary/aromatic N) is 1. The van der Waals surface area contributed by atoms with Crippen molar-refractivity contribution in [1.82, 2.24) is 0 Å². The number of ether oxygens (including phenoxy) is 3. The van der Waals surface area contributed by atoms with Gasteiger partial charge in [-0.2, -0.15) is 0 Å². The van der Waals surface area contributed by atoms with Crippen molar-refractivity contribution in [3.63, 3.8) is 0 Å². The first kappa shape index (κ1) is 22.6. The molecule has 1 amide bonds. The maximum Gasteiger partial charge on any atom is 0.300 e.